The Kier molecular flexibility index (Phi) is 4.97. The third kappa shape index (κ3) is 3.46. The zero-order valence-electron chi connectivity index (χ0n) is 16.7. The third-order valence-electron chi connectivity index (χ3n) is 6.02. The summed E-state index contributed by atoms with van der Waals surface area (Å²) < 4.78 is 7.90. The molecule has 4 heterocycles. The van der Waals surface area contributed by atoms with E-state index < -0.39 is 0 Å². The highest BCUT2D eigenvalue weighted by Crippen LogP contribution is 2.34. The summed E-state index contributed by atoms with van der Waals surface area (Å²) in [6, 6.07) is 15.5. The molecule has 2 aliphatic rings. The van der Waals surface area contributed by atoms with E-state index in [0.29, 0.717) is 18.0 Å². The maximum absolute atomic E-state index is 13.4. The van der Waals surface area contributed by atoms with Crippen LogP contribution in [0.15, 0.2) is 70.5 Å². The highest BCUT2D eigenvalue weighted by atomic mass is 35.5. The van der Waals surface area contributed by atoms with E-state index in [-0.39, 0.29) is 18.0 Å². The van der Waals surface area contributed by atoms with Crippen molar-refractivity contribution in [2.24, 2.45) is 5.10 Å². The number of carbonyl (C=O) groups excluding carboxylic acids is 1. The summed E-state index contributed by atoms with van der Waals surface area (Å²) in [4.78, 5) is 15.6. The maximum Gasteiger partial charge on any atom is 0.257 e. The van der Waals surface area contributed by atoms with Crippen molar-refractivity contribution in [2.45, 2.75) is 32.0 Å². The highest BCUT2D eigenvalue weighted by molar-refractivity contribution is 6.30. The average Bonchev–Trinajstić information content (AvgIpc) is 3.50. The summed E-state index contributed by atoms with van der Waals surface area (Å²) in [6.07, 6.45) is 4.35. The fourth-order valence-corrected chi connectivity index (χ4v) is 4.47. The first-order valence-electron chi connectivity index (χ1n) is 10.2. The Morgan fingerprint density at radius 2 is 2.00 bits per heavy atom. The van der Waals surface area contributed by atoms with Crippen molar-refractivity contribution in [2.75, 3.05) is 13.1 Å². The monoisotopic (exact) mass is 422 g/mol. The second kappa shape index (κ2) is 7.78. The van der Waals surface area contributed by atoms with Crippen molar-refractivity contribution in [3.05, 3.63) is 83.0 Å². The standard InChI is InChI=1S/C23H23ClN4O2/c1-16-20-4-2-10-26(20)11-12-27(16)15-23(29)28-21(22-5-3-13-30-22)14-19(25-28)17-6-8-18(24)9-7-17/h2-10,13,16,21H,11-12,14-15H2,1H3/t16-,21-/m1/s1. The van der Waals surface area contributed by atoms with Gasteiger partial charge in [-0.3, -0.25) is 9.69 Å². The molecule has 0 unspecified atom stereocenters. The van der Waals surface area contributed by atoms with Gasteiger partial charge in [0.1, 0.15) is 11.8 Å². The van der Waals surface area contributed by atoms with E-state index in [9.17, 15) is 4.79 Å². The second-order valence-corrected chi connectivity index (χ2v) is 8.24. The van der Waals surface area contributed by atoms with Gasteiger partial charge in [0, 0.05) is 42.5 Å². The molecule has 0 aliphatic carbocycles. The summed E-state index contributed by atoms with van der Waals surface area (Å²) in [5, 5.41) is 6.99. The quantitative estimate of drug-likeness (QED) is 0.622. The van der Waals surface area contributed by atoms with Crippen LogP contribution in [-0.2, 0) is 11.3 Å². The molecule has 0 radical (unpaired) electrons. The second-order valence-electron chi connectivity index (χ2n) is 7.80. The number of hydrazone groups is 1. The summed E-state index contributed by atoms with van der Waals surface area (Å²) in [7, 11) is 0. The van der Waals surface area contributed by atoms with Gasteiger partial charge < -0.3 is 8.98 Å². The summed E-state index contributed by atoms with van der Waals surface area (Å²) in [5.41, 5.74) is 3.07. The molecule has 2 aromatic heterocycles. The molecule has 154 valence electrons. The maximum atomic E-state index is 13.4. The van der Waals surface area contributed by atoms with Gasteiger partial charge >= 0.3 is 0 Å². The summed E-state index contributed by atoms with van der Waals surface area (Å²) >= 11 is 6.03. The number of fused-ring (bicyclic) bond motifs is 1. The van der Waals surface area contributed by atoms with Gasteiger partial charge in [-0.15, -0.1) is 0 Å². The lowest BCUT2D eigenvalue weighted by molar-refractivity contribution is -0.135. The molecule has 3 aromatic rings. The molecule has 30 heavy (non-hydrogen) atoms. The topological polar surface area (TPSA) is 54.0 Å². The van der Waals surface area contributed by atoms with Crippen LogP contribution in [-0.4, -0.2) is 39.2 Å². The first-order chi connectivity index (χ1) is 14.6. The van der Waals surface area contributed by atoms with Gasteiger partial charge in [0.05, 0.1) is 18.5 Å². The van der Waals surface area contributed by atoms with Crippen LogP contribution < -0.4 is 0 Å². The molecule has 0 spiro atoms. The van der Waals surface area contributed by atoms with Crippen LogP contribution in [0.25, 0.3) is 0 Å². The number of nitrogens with zero attached hydrogens (tertiary/aromatic N) is 4. The van der Waals surface area contributed by atoms with Crippen molar-refractivity contribution in [1.82, 2.24) is 14.5 Å². The molecule has 5 rings (SSSR count). The summed E-state index contributed by atoms with van der Waals surface area (Å²) in [6.45, 7) is 4.19. The predicted octanol–water partition coefficient (Wildman–Crippen LogP) is 4.49. The van der Waals surface area contributed by atoms with Crippen LogP contribution in [0.3, 0.4) is 0 Å². The number of carbonyl (C=O) groups is 1. The number of benzene rings is 1. The van der Waals surface area contributed by atoms with Gasteiger partial charge in [0.25, 0.3) is 5.91 Å². The average molecular weight is 423 g/mol. The molecule has 7 heteroatoms. The van der Waals surface area contributed by atoms with E-state index >= 15 is 0 Å². The van der Waals surface area contributed by atoms with E-state index in [0.717, 1.165) is 30.1 Å². The third-order valence-corrected chi connectivity index (χ3v) is 6.27. The lowest BCUT2D eigenvalue weighted by atomic mass is 10.0. The number of amides is 1. The molecular weight excluding hydrogens is 400 g/mol. The lowest BCUT2D eigenvalue weighted by Gasteiger charge is -2.35. The van der Waals surface area contributed by atoms with E-state index in [4.69, 9.17) is 21.1 Å². The zero-order valence-corrected chi connectivity index (χ0v) is 17.5. The molecule has 0 bridgehead atoms. The van der Waals surface area contributed by atoms with Crippen LogP contribution in [0, 0.1) is 0 Å². The molecule has 1 amide bonds. The van der Waals surface area contributed by atoms with Crippen molar-refractivity contribution >= 4 is 23.2 Å². The fourth-order valence-electron chi connectivity index (χ4n) is 4.35. The van der Waals surface area contributed by atoms with Crippen molar-refractivity contribution in [1.29, 1.82) is 0 Å². The first kappa shape index (κ1) is 19.2. The van der Waals surface area contributed by atoms with Crippen molar-refractivity contribution in [3.63, 3.8) is 0 Å². The van der Waals surface area contributed by atoms with E-state index in [2.05, 4.69) is 34.7 Å². The predicted molar refractivity (Wildman–Crippen MR) is 115 cm³/mol. The van der Waals surface area contributed by atoms with Gasteiger partial charge in [-0.25, -0.2) is 5.01 Å². The minimum absolute atomic E-state index is 0.0211. The number of furan rings is 1. The molecule has 0 saturated heterocycles. The molecule has 0 fully saturated rings. The highest BCUT2D eigenvalue weighted by Gasteiger charge is 2.36. The SMILES string of the molecule is C[C@@H]1c2cccn2CCN1CC(=O)N1N=C(c2ccc(Cl)cc2)C[C@@H]1c1ccco1. The van der Waals surface area contributed by atoms with Gasteiger partial charge in [0.2, 0.25) is 0 Å². The lowest BCUT2D eigenvalue weighted by Crippen LogP contribution is -2.43. The van der Waals surface area contributed by atoms with Crippen molar-refractivity contribution < 1.29 is 9.21 Å². The minimum Gasteiger partial charge on any atom is -0.467 e. The van der Waals surface area contributed by atoms with Gasteiger partial charge in [-0.05, 0) is 48.9 Å². The summed E-state index contributed by atoms with van der Waals surface area (Å²) in [5.74, 6) is 0.726. The minimum atomic E-state index is -0.234. The Balaban J connectivity index is 1.39. The number of aromatic nitrogens is 1. The Morgan fingerprint density at radius 3 is 2.77 bits per heavy atom. The number of rotatable bonds is 4. The Hall–Kier alpha value is -2.83. The zero-order chi connectivity index (χ0) is 20.7. The number of hydrogen-bond acceptors (Lipinski definition) is 4. The molecular formula is C23H23ClN4O2. The molecule has 0 saturated carbocycles. The van der Waals surface area contributed by atoms with Crippen LogP contribution in [0.5, 0.6) is 0 Å². The van der Waals surface area contributed by atoms with Gasteiger partial charge in [-0.2, -0.15) is 5.10 Å². The van der Waals surface area contributed by atoms with Crippen LogP contribution in [0.4, 0.5) is 0 Å². The molecule has 1 aromatic carbocycles. The largest absolute Gasteiger partial charge is 0.467 e. The Morgan fingerprint density at radius 1 is 1.17 bits per heavy atom. The molecule has 0 N–H and O–H groups in total. The normalized spacial score (nSPS) is 21.5. The number of hydrogen-bond donors (Lipinski definition) is 0. The first-order valence-corrected chi connectivity index (χ1v) is 10.6. The molecule has 2 atom stereocenters. The molecule has 6 nitrogen and oxygen atoms in total. The molecule has 2 aliphatic heterocycles. The van der Waals surface area contributed by atoms with Gasteiger partial charge in [-0.1, -0.05) is 23.7 Å². The fraction of sp³-hybridized carbons (Fsp3) is 0.304. The van der Waals surface area contributed by atoms with E-state index in [1.54, 1.807) is 11.3 Å². The van der Waals surface area contributed by atoms with E-state index in [1.165, 1.54) is 5.69 Å². The Labute approximate surface area is 180 Å². The Bertz CT molecular complexity index is 1070. The smallest absolute Gasteiger partial charge is 0.257 e. The van der Waals surface area contributed by atoms with Crippen molar-refractivity contribution in [3.8, 4) is 0 Å². The van der Waals surface area contributed by atoms with Crippen LogP contribution >= 0.6 is 11.6 Å². The van der Waals surface area contributed by atoms with Gasteiger partial charge in [0.15, 0.2) is 0 Å². The van der Waals surface area contributed by atoms with E-state index in [1.807, 2.05) is 36.4 Å². The van der Waals surface area contributed by atoms with Crippen LogP contribution in [0.2, 0.25) is 5.02 Å². The number of halogens is 1. The van der Waals surface area contributed by atoms with Crippen LogP contribution in [0.1, 0.15) is 42.4 Å².